The van der Waals surface area contributed by atoms with E-state index in [-0.39, 0.29) is 6.61 Å². The van der Waals surface area contributed by atoms with Gasteiger partial charge >= 0.3 is 5.97 Å². The quantitative estimate of drug-likeness (QED) is 0.642. The fourth-order valence-corrected chi connectivity index (χ4v) is 3.07. The van der Waals surface area contributed by atoms with Gasteiger partial charge in [0.15, 0.2) is 5.11 Å². The van der Waals surface area contributed by atoms with Crippen molar-refractivity contribution in [2.75, 3.05) is 0 Å². The minimum atomic E-state index is -0.472. The standard InChI is InChI=1S/C20H17N3O2S/c1-13-17(19(24)25-12-14-6-3-2-4-7-14)18(23-20(26)22-13)16-9-5-8-15(10-16)11-21/h2-10,18H,12H2,1H3,(H2,22,23,26). The number of nitrogens with zero attached hydrogens (tertiary/aromatic N) is 1. The van der Waals surface area contributed by atoms with Crippen molar-refractivity contribution in [2.45, 2.75) is 19.6 Å². The largest absolute Gasteiger partial charge is 0.457 e. The van der Waals surface area contributed by atoms with Gasteiger partial charge in [0.1, 0.15) is 6.61 Å². The number of thiocarbonyl (C=S) groups is 1. The Hall–Kier alpha value is -3.17. The number of allylic oxidation sites excluding steroid dienone is 1. The number of esters is 1. The van der Waals surface area contributed by atoms with Crippen LogP contribution < -0.4 is 10.6 Å². The second-order valence-electron chi connectivity index (χ2n) is 5.87. The van der Waals surface area contributed by atoms with Crippen LogP contribution in [0.5, 0.6) is 0 Å². The van der Waals surface area contributed by atoms with Crippen LogP contribution in [0.3, 0.4) is 0 Å². The van der Waals surface area contributed by atoms with Gasteiger partial charge in [-0.05, 0) is 42.4 Å². The first-order valence-corrected chi connectivity index (χ1v) is 8.48. The summed E-state index contributed by atoms with van der Waals surface area (Å²) in [5.41, 5.74) is 3.29. The van der Waals surface area contributed by atoms with Gasteiger partial charge in [0, 0.05) is 5.70 Å². The molecule has 1 aliphatic heterocycles. The number of benzene rings is 2. The Bertz CT molecular complexity index is 916. The fourth-order valence-electron chi connectivity index (χ4n) is 2.80. The molecule has 0 aromatic heterocycles. The molecule has 26 heavy (non-hydrogen) atoms. The maximum atomic E-state index is 12.8. The predicted octanol–water partition coefficient (Wildman–Crippen LogP) is 3.09. The van der Waals surface area contributed by atoms with Crippen LogP contribution in [0.1, 0.15) is 29.7 Å². The van der Waals surface area contributed by atoms with Crippen LogP contribution in [-0.4, -0.2) is 11.1 Å². The molecule has 0 saturated heterocycles. The van der Waals surface area contributed by atoms with Crippen molar-refractivity contribution in [3.05, 3.63) is 82.6 Å². The average molecular weight is 363 g/mol. The molecule has 5 nitrogen and oxygen atoms in total. The lowest BCUT2D eigenvalue weighted by Gasteiger charge is -2.30. The van der Waals surface area contributed by atoms with Crippen LogP contribution in [0.15, 0.2) is 65.9 Å². The zero-order chi connectivity index (χ0) is 18.5. The van der Waals surface area contributed by atoms with Gasteiger partial charge in [-0.2, -0.15) is 5.26 Å². The second kappa shape index (κ2) is 7.81. The lowest BCUT2D eigenvalue weighted by molar-refractivity contribution is -0.140. The molecule has 0 spiro atoms. The number of hydrogen-bond acceptors (Lipinski definition) is 4. The minimum absolute atomic E-state index is 0.186. The van der Waals surface area contributed by atoms with Gasteiger partial charge in [-0.3, -0.25) is 0 Å². The fraction of sp³-hybridized carbons (Fsp3) is 0.150. The maximum Gasteiger partial charge on any atom is 0.338 e. The number of carbonyl (C=O) groups is 1. The SMILES string of the molecule is CC1=C(C(=O)OCc2ccccc2)C(c2cccc(C#N)c2)NC(=S)N1. The van der Waals surface area contributed by atoms with Gasteiger partial charge in [0.05, 0.1) is 23.2 Å². The molecular formula is C20H17N3O2S. The molecule has 6 heteroatoms. The summed E-state index contributed by atoms with van der Waals surface area (Å²) >= 11 is 5.23. The van der Waals surface area contributed by atoms with Gasteiger partial charge in [0.2, 0.25) is 0 Å². The Morgan fingerprint density at radius 1 is 1.23 bits per heavy atom. The lowest BCUT2D eigenvalue weighted by atomic mass is 9.94. The van der Waals surface area contributed by atoms with Crippen LogP contribution in [0.2, 0.25) is 0 Å². The number of nitriles is 1. The summed E-state index contributed by atoms with van der Waals surface area (Å²) in [4.78, 5) is 12.8. The summed E-state index contributed by atoms with van der Waals surface area (Å²) < 4.78 is 5.50. The Morgan fingerprint density at radius 2 is 2.00 bits per heavy atom. The van der Waals surface area contributed by atoms with Gasteiger partial charge in [-0.25, -0.2) is 4.79 Å². The highest BCUT2D eigenvalue weighted by atomic mass is 32.1. The van der Waals surface area contributed by atoms with Crippen molar-refractivity contribution in [3.8, 4) is 6.07 Å². The van der Waals surface area contributed by atoms with Crippen molar-refractivity contribution in [3.63, 3.8) is 0 Å². The molecule has 1 atom stereocenters. The number of rotatable bonds is 4. The smallest absolute Gasteiger partial charge is 0.338 e. The molecule has 0 bridgehead atoms. The first kappa shape index (κ1) is 17.6. The second-order valence-corrected chi connectivity index (χ2v) is 6.28. The molecule has 0 fully saturated rings. The Kier molecular flexibility index (Phi) is 5.30. The van der Waals surface area contributed by atoms with E-state index in [1.807, 2.05) is 36.4 Å². The van der Waals surface area contributed by atoms with Crippen molar-refractivity contribution in [1.29, 1.82) is 5.26 Å². The molecule has 2 aromatic carbocycles. The highest BCUT2D eigenvalue weighted by Gasteiger charge is 2.31. The summed E-state index contributed by atoms with van der Waals surface area (Å²) in [5, 5.41) is 15.6. The van der Waals surface area contributed by atoms with Crippen LogP contribution in [0.4, 0.5) is 0 Å². The van der Waals surface area contributed by atoms with E-state index in [4.69, 9.17) is 22.2 Å². The average Bonchev–Trinajstić information content (AvgIpc) is 2.66. The van der Waals surface area contributed by atoms with Gasteiger partial charge in [-0.1, -0.05) is 42.5 Å². The van der Waals surface area contributed by atoms with E-state index in [0.29, 0.717) is 21.9 Å². The number of nitrogens with one attached hydrogen (secondary N) is 2. The van der Waals surface area contributed by atoms with E-state index in [1.165, 1.54) is 0 Å². The molecule has 1 unspecified atom stereocenters. The van der Waals surface area contributed by atoms with Gasteiger partial charge < -0.3 is 15.4 Å². The molecule has 130 valence electrons. The Labute approximate surface area is 157 Å². The molecular weight excluding hydrogens is 346 g/mol. The Morgan fingerprint density at radius 3 is 2.73 bits per heavy atom. The molecule has 0 aliphatic carbocycles. The Balaban J connectivity index is 1.87. The summed E-state index contributed by atoms with van der Waals surface area (Å²) in [5.74, 6) is -0.429. The van der Waals surface area contributed by atoms with Crippen LogP contribution in [0, 0.1) is 11.3 Å². The molecule has 2 aromatic rings. The molecule has 0 amide bonds. The molecule has 3 rings (SSSR count). The third-order valence-corrected chi connectivity index (χ3v) is 4.27. The summed E-state index contributed by atoms with van der Waals surface area (Å²) in [6.45, 7) is 1.97. The number of carbonyl (C=O) groups excluding carboxylic acids is 1. The summed E-state index contributed by atoms with van der Waals surface area (Å²) in [6, 6.07) is 18.2. The number of hydrogen-bond donors (Lipinski definition) is 2. The van der Waals surface area contributed by atoms with Crippen LogP contribution in [0.25, 0.3) is 0 Å². The molecule has 1 heterocycles. The van der Waals surface area contributed by atoms with E-state index in [1.54, 1.807) is 25.1 Å². The topological polar surface area (TPSA) is 74.2 Å². The summed E-state index contributed by atoms with van der Waals surface area (Å²) in [6.07, 6.45) is 0. The van der Waals surface area contributed by atoms with E-state index < -0.39 is 12.0 Å². The van der Waals surface area contributed by atoms with E-state index in [9.17, 15) is 4.79 Å². The lowest BCUT2D eigenvalue weighted by Crippen LogP contribution is -2.45. The first-order valence-electron chi connectivity index (χ1n) is 8.08. The van der Waals surface area contributed by atoms with E-state index in [0.717, 1.165) is 11.1 Å². The van der Waals surface area contributed by atoms with Crippen molar-refractivity contribution >= 4 is 23.3 Å². The molecule has 2 N–H and O–H groups in total. The van der Waals surface area contributed by atoms with Crippen molar-refractivity contribution < 1.29 is 9.53 Å². The molecule has 0 radical (unpaired) electrons. The van der Waals surface area contributed by atoms with Gasteiger partial charge in [0.25, 0.3) is 0 Å². The highest BCUT2D eigenvalue weighted by molar-refractivity contribution is 7.80. The minimum Gasteiger partial charge on any atom is -0.457 e. The molecule has 1 aliphatic rings. The normalized spacial score (nSPS) is 16.3. The first-order chi connectivity index (χ1) is 12.6. The maximum absolute atomic E-state index is 12.8. The van der Waals surface area contributed by atoms with Crippen LogP contribution >= 0.6 is 12.2 Å². The monoisotopic (exact) mass is 363 g/mol. The van der Waals surface area contributed by atoms with E-state index in [2.05, 4.69) is 16.7 Å². The van der Waals surface area contributed by atoms with Crippen molar-refractivity contribution in [1.82, 2.24) is 10.6 Å². The third kappa shape index (κ3) is 3.90. The predicted molar refractivity (Wildman–Crippen MR) is 102 cm³/mol. The van der Waals surface area contributed by atoms with Crippen molar-refractivity contribution in [2.24, 2.45) is 0 Å². The third-order valence-electron chi connectivity index (χ3n) is 4.05. The zero-order valence-corrected chi connectivity index (χ0v) is 15.0. The highest BCUT2D eigenvalue weighted by Crippen LogP contribution is 2.28. The number of ether oxygens (including phenoxy) is 1. The van der Waals surface area contributed by atoms with Gasteiger partial charge in [-0.15, -0.1) is 0 Å². The van der Waals surface area contributed by atoms with Crippen LogP contribution in [-0.2, 0) is 16.1 Å². The summed E-state index contributed by atoms with van der Waals surface area (Å²) in [7, 11) is 0. The zero-order valence-electron chi connectivity index (χ0n) is 14.2. The van der Waals surface area contributed by atoms with E-state index >= 15 is 0 Å². The molecule has 0 saturated carbocycles.